The summed E-state index contributed by atoms with van der Waals surface area (Å²) in [6.45, 7) is 3.35. The Kier molecular flexibility index (Phi) is 7.55. The summed E-state index contributed by atoms with van der Waals surface area (Å²) in [6.07, 6.45) is 1.04. The zero-order valence-corrected chi connectivity index (χ0v) is 18.8. The SMILES string of the molecule is COc1ccc([C@H](C)NC(=O)[C@@H](C)N(c2cc(OC)ccc2OC)S(C)(=O)=O)cc1. The van der Waals surface area contributed by atoms with Crippen LogP contribution in [0.3, 0.4) is 0 Å². The number of rotatable bonds is 9. The fourth-order valence-corrected chi connectivity index (χ4v) is 4.23. The lowest BCUT2D eigenvalue weighted by Gasteiger charge is -2.30. The van der Waals surface area contributed by atoms with E-state index in [0.29, 0.717) is 17.2 Å². The molecule has 2 rings (SSSR count). The molecule has 9 heteroatoms. The van der Waals surface area contributed by atoms with Crippen LogP contribution in [0.4, 0.5) is 5.69 Å². The lowest BCUT2D eigenvalue weighted by Crippen LogP contribution is -2.48. The summed E-state index contributed by atoms with van der Waals surface area (Å²) in [4.78, 5) is 13.0. The molecule has 2 aromatic rings. The molecule has 1 N–H and O–H groups in total. The molecule has 30 heavy (non-hydrogen) atoms. The first-order valence-electron chi connectivity index (χ1n) is 9.28. The number of amides is 1. The van der Waals surface area contributed by atoms with Gasteiger partial charge < -0.3 is 19.5 Å². The molecular formula is C21H28N2O6S. The zero-order chi connectivity index (χ0) is 22.5. The molecule has 0 aliphatic rings. The van der Waals surface area contributed by atoms with Crippen LogP contribution in [-0.2, 0) is 14.8 Å². The summed E-state index contributed by atoms with van der Waals surface area (Å²) in [7, 11) is 0.677. The predicted octanol–water partition coefficient (Wildman–Crippen LogP) is 2.74. The van der Waals surface area contributed by atoms with Crippen molar-refractivity contribution in [3.05, 3.63) is 48.0 Å². The lowest BCUT2D eigenvalue weighted by atomic mass is 10.1. The highest BCUT2D eigenvalue weighted by Gasteiger charge is 2.32. The highest BCUT2D eigenvalue weighted by molar-refractivity contribution is 7.92. The van der Waals surface area contributed by atoms with Crippen molar-refractivity contribution in [2.45, 2.75) is 25.9 Å². The molecule has 0 unspecified atom stereocenters. The van der Waals surface area contributed by atoms with Crippen LogP contribution in [0.25, 0.3) is 0 Å². The molecule has 2 aromatic carbocycles. The molecular weight excluding hydrogens is 408 g/mol. The second-order valence-electron chi connectivity index (χ2n) is 6.78. The lowest BCUT2D eigenvalue weighted by molar-refractivity contribution is -0.122. The molecule has 2 atom stereocenters. The van der Waals surface area contributed by atoms with E-state index < -0.39 is 22.0 Å². The van der Waals surface area contributed by atoms with Crippen LogP contribution >= 0.6 is 0 Å². The molecule has 0 spiro atoms. The number of hydrogen-bond acceptors (Lipinski definition) is 6. The number of methoxy groups -OCH3 is 3. The minimum absolute atomic E-state index is 0.221. The third-order valence-corrected chi connectivity index (χ3v) is 5.91. The quantitative estimate of drug-likeness (QED) is 0.650. The van der Waals surface area contributed by atoms with Gasteiger partial charge in [0.2, 0.25) is 15.9 Å². The molecule has 0 saturated carbocycles. The van der Waals surface area contributed by atoms with Gasteiger partial charge in [-0.15, -0.1) is 0 Å². The van der Waals surface area contributed by atoms with Gasteiger partial charge in [0.25, 0.3) is 0 Å². The number of ether oxygens (including phenoxy) is 3. The number of nitrogens with zero attached hydrogens (tertiary/aromatic N) is 1. The van der Waals surface area contributed by atoms with Crippen molar-refractivity contribution in [1.29, 1.82) is 0 Å². The Hall–Kier alpha value is -2.94. The molecule has 0 fully saturated rings. The van der Waals surface area contributed by atoms with Crippen molar-refractivity contribution in [2.24, 2.45) is 0 Å². The van der Waals surface area contributed by atoms with E-state index in [1.807, 2.05) is 19.1 Å². The van der Waals surface area contributed by atoms with Crippen molar-refractivity contribution in [1.82, 2.24) is 5.32 Å². The number of hydrogen-bond donors (Lipinski definition) is 1. The second kappa shape index (κ2) is 9.71. The Morgan fingerprint density at radius 1 is 0.933 bits per heavy atom. The highest BCUT2D eigenvalue weighted by Crippen LogP contribution is 2.35. The Bertz CT molecular complexity index is 975. The molecule has 0 radical (unpaired) electrons. The van der Waals surface area contributed by atoms with Crippen LogP contribution < -0.4 is 23.8 Å². The summed E-state index contributed by atoms with van der Waals surface area (Å²) in [5, 5.41) is 2.86. The molecule has 0 aliphatic heterocycles. The molecule has 0 bridgehead atoms. The molecule has 0 saturated heterocycles. The summed E-state index contributed by atoms with van der Waals surface area (Å²) in [5.41, 5.74) is 1.08. The maximum absolute atomic E-state index is 13.0. The number of carbonyl (C=O) groups is 1. The van der Waals surface area contributed by atoms with Crippen LogP contribution in [0.2, 0.25) is 0 Å². The first-order chi connectivity index (χ1) is 14.1. The standard InChI is InChI=1S/C21H28N2O6S/c1-14(16-7-9-17(27-3)10-8-16)22-21(24)15(2)23(30(6,25)26)19-13-18(28-4)11-12-20(19)29-5/h7-15H,1-6H3,(H,22,24)/t14-,15+/m0/s1. The van der Waals surface area contributed by atoms with Gasteiger partial charge in [-0.2, -0.15) is 0 Å². The van der Waals surface area contributed by atoms with Crippen molar-refractivity contribution in [3.63, 3.8) is 0 Å². The van der Waals surface area contributed by atoms with E-state index in [-0.39, 0.29) is 11.7 Å². The van der Waals surface area contributed by atoms with Gasteiger partial charge in [-0.3, -0.25) is 9.10 Å². The van der Waals surface area contributed by atoms with Crippen LogP contribution in [0.5, 0.6) is 17.2 Å². The highest BCUT2D eigenvalue weighted by atomic mass is 32.2. The van der Waals surface area contributed by atoms with E-state index in [1.165, 1.54) is 27.2 Å². The number of carbonyl (C=O) groups excluding carboxylic acids is 1. The van der Waals surface area contributed by atoms with Crippen LogP contribution in [-0.4, -0.2) is 48.0 Å². The smallest absolute Gasteiger partial charge is 0.244 e. The van der Waals surface area contributed by atoms with Gasteiger partial charge in [0.1, 0.15) is 23.3 Å². The third kappa shape index (κ3) is 5.35. The van der Waals surface area contributed by atoms with Crippen molar-refractivity contribution < 1.29 is 27.4 Å². The van der Waals surface area contributed by atoms with Crippen molar-refractivity contribution >= 4 is 21.6 Å². The van der Waals surface area contributed by atoms with Crippen molar-refractivity contribution in [3.8, 4) is 17.2 Å². The summed E-state index contributed by atoms with van der Waals surface area (Å²) >= 11 is 0. The van der Waals surface area contributed by atoms with E-state index in [1.54, 1.807) is 31.4 Å². The maximum Gasteiger partial charge on any atom is 0.244 e. The van der Waals surface area contributed by atoms with Gasteiger partial charge in [0.15, 0.2) is 0 Å². The number of nitrogens with one attached hydrogen (secondary N) is 1. The second-order valence-corrected chi connectivity index (χ2v) is 8.64. The first kappa shape index (κ1) is 23.3. The molecule has 8 nitrogen and oxygen atoms in total. The van der Waals surface area contributed by atoms with Gasteiger partial charge >= 0.3 is 0 Å². The summed E-state index contributed by atoms with van der Waals surface area (Å²) in [6, 6.07) is 10.7. The number of sulfonamides is 1. The first-order valence-corrected chi connectivity index (χ1v) is 11.1. The Balaban J connectivity index is 2.33. The van der Waals surface area contributed by atoms with E-state index in [9.17, 15) is 13.2 Å². The average Bonchev–Trinajstić information content (AvgIpc) is 2.72. The van der Waals surface area contributed by atoms with Crippen LogP contribution in [0.1, 0.15) is 25.5 Å². The van der Waals surface area contributed by atoms with Crippen LogP contribution in [0.15, 0.2) is 42.5 Å². The summed E-state index contributed by atoms with van der Waals surface area (Å²) in [5.74, 6) is 1.01. The molecule has 0 heterocycles. The fourth-order valence-electron chi connectivity index (χ4n) is 3.06. The van der Waals surface area contributed by atoms with Gasteiger partial charge in [-0.25, -0.2) is 8.42 Å². The number of anilines is 1. The van der Waals surface area contributed by atoms with E-state index in [4.69, 9.17) is 14.2 Å². The predicted molar refractivity (Wildman–Crippen MR) is 116 cm³/mol. The Morgan fingerprint density at radius 2 is 1.50 bits per heavy atom. The van der Waals surface area contributed by atoms with Gasteiger partial charge in [-0.1, -0.05) is 12.1 Å². The topological polar surface area (TPSA) is 94.2 Å². The minimum Gasteiger partial charge on any atom is -0.497 e. The summed E-state index contributed by atoms with van der Waals surface area (Å²) < 4.78 is 41.9. The Labute approximate surface area is 177 Å². The molecule has 1 amide bonds. The van der Waals surface area contributed by atoms with Crippen molar-refractivity contribution in [2.75, 3.05) is 31.9 Å². The maximum atomic E-state index is 13.0. The average molecular weight is 437 g/mol. The molecule has 0 aliphatic carbocycles. The van der Waals surface area contributed by atoms with E-state index in [2.05, 4.69) is 5.32 Å². The molecule has 164 valence electrons. The molecule has 0 aromatic heterocycles. The normalized spacial score (nSPS) is 13.1. The zero-order valence-electron chi connectivity index (χ0n) is 18.0. The van der Waals surface area contributed by atoms with Gasteiger partial charge in [0, 0.05) is 6.07 Å². The van der Waals surface area contributed by atoms with Gasteiger partial charge in [0.05, 0.1) is 39.3 Å². The number of benzene rings is 2. The van der Waals surface area contributed by atoms with E-state index in [0.717, 1.165) is 16.1 Å². The Morgan fingerprint density at radius 3 is 2.00 bits per heavy atom. The largest absolute Gasteiger partial charge is 0.497 e. The van der Waals surface area contributed by atoms with Crippen LogP contribution in [0, 0.1) is 0 Å². The fraction of sp³-hybridized carbons (Fsp3) is 0.381. The monoisotopic (exact) mass is 436 g/mol. The third-order valence-electron chi connectivity index (χ3n) is 4.69. The van der Waals surface area contributed by atoms with E-state index >= 15 is 0 Å². The van der Waals surface area contributed by atoms with Gasteiger partial charge in [-0.05, 0) is 43.7 Å². The minimum atomic E-state index is -3.81.